The van der Waals surface area contributed by atoms with E-state index in [1.54, 1.807) is 6.20 Å². The van der Waals surface area contributed by atoms with E-state index in [4.69, 9.17) is 10.3 Å². The topological polar surface area (TPSA) is 77.8 Å². The van der Waals surface area contributed by atoms with Crippen molar-refractivity contribution in [2.45, 2.75) is 19.4 Å². The quantitative estimate of drug-likeness (QED) is 0.908. The first-order valence-corrected chi connectivity index (χ1v) is 6.61. The van der Waals surface area contributed by atoms with Gasteiger partial charge in [-0.05, 0) is 44.3 Å². The van der Waals surface area contributed by atoms with E-state index in [2.05, 4.69) is 47.0 Å². The van der Waals surface area contributed by atoms with Crippen LogP contribution in [-0.4, -0.2) is 15.1 Å². The third-order valence-corrected chi connectivity index (χ3v) is 3.26. The molecule has 0 aliphatic carbocycles. The van der Waals surface area contributed by atoms with Gasteiger partial charge in [-0.25, -0.2) is 0 Å². The number of nitrogens with two attached hydrogens (primary N) is 1. The molecule has 0 fully saturated rings. The zero-order valence-corrected chi connectivity index (χ0v) is 12.2. The normalized spacial score (nSPS) is 12.7. The molecule has 2 heterocycles. The lowest BCUT2D eigenvalue weighted by atomic mass is 10.2. The van der Waals surface area contributed by atoms with Gasteiger partial charge in [-0.2, -0.15) is 4.98 Å². The third kappa shape index (κ3) is 2.72. The van der Waals surface area contributed by atoms with Crippen LogP contribution in [0.1, 0.15) is 25.3 Å². The molecule has 0 bridgehead atoms. The summed E-state index contributed by atoms with van der Waals surface area (Å²) in [7, 11) is 0. The Kier molecular flexibility index (Phi) is 3.90. The fourth-order valence-electron chi connectivity index (χ4n) is 1.24. The lowest BCUT2D eigenvalue weighted by Crippen LogP contribution is -2.08. The second-order valence-electron chi connectivity index (χ2n) is 3.45. The second kappa shape index (κ2) is 5.24. The molecule has 2 rings (SSSR count). The van der Waals surface area contributed by atoms with Gasteiger partial charge in [0, 0.05) is 15.1 Å². The minimum Gasteiger partial charge on any atom is -0.337 e. The number of hydrogen-bond acceptors (Lipinski definition) is 5. The van der Waals surface area contributed by atoms with Crippen molar-refractivity contribution in [1.82, 2.24) is 15.1 Å². The van der Waals surface area contributed by atoms with Gasteiger partial charge in [0.05, 0.1) is 6.04 Å². The minimum absolute atomic E-state index is 0.231. The summed E-state index contributed by atoms with van der Waals surface area (Å²) in [4.78, 5) is 8.46. The molecule has 0 saturated heterocycles. The molecule has 5 nitrogen and oxygen atoms in total. The van der Waals surface area contributed by atoms with Gasteiger partial charge < -0.3 is 10.3 Å². The fraction of sp³-hybridized carbons (Fsp3) is 0.300. The largest absolute Gasteiger partial charge is 0.337 e. The van der Waals surface area contributed by atoms with Crippen molar-refractivity contribution in [3.63, 3.8) is 0 Å². The van der Waals surface area contributed by atoms with Crippen molar-refractivity contribution in [3.8, 4) is 11.5 Å². The van der Waals surface area contributed by atoms with Crippen LogP contribution in [0.2, 0.25) is 0 Å². The number of hydrogen-bond donors (Lipinski definition) is 1. The fourth-order valence-corrected chi connectivity index (χ4v) is 2.40. The smallest absolute Gasteiger partial charge is 0.243 e. The highest BCUT2D eigenvalue weighted by Gasteiger charge is 2.16. The van der Waals surface area contributed by atoms with E-state index in [1.807, 2.05) is 13.0 Å². The third-order valence-electron chi connectivity index (χ3n) is 2.22. The van der Waals surface area contributed by atoms with E-state index in [-0.39, 0.29) is 6.04 Å². The SMILES string of the molecule is CC[C@H](N)c1nc(-c2ncc(Br)cc2Br)no1. The van der Waals surface area contributed by atoms with E-state index in [1.165, 1.54) is 0 Å². The maximum atomic E-state index is 5.81. The summed E-state index contributed by atoms with van der Waals surface area (Å²) in [6.07, 6.45) is 2.42. The molecule has 90 valence electrons. The molecule has 2 aromatic heterocycles. The Bertz CT molecular complexity index is 529. The Morgan fingerprint density at radius 3 is 2.88 bits per heavy atom. The summed E-state index contributed by atoms with van der Waals surface area (Å²) >= 11 is 6.73. The van der Waals surface area contributed by atoms with Gasteiger partial charge in [-0.15, -0.1) is 0 Å². The summed E-state index contributed by atoms with van der Waals surface area (Å²) in [6.45, 7) is 1.96. The molecule has 0 saturated carbocycles. The highest BCUT2D eigenvalue weighted by molar-refractivity contribution is 9.11. The van der Waals surface area contributed by atoms with Gasteiger partial charge in [-0.3, -0.25) is 4.98 Å². The van der Waals surface area contributed by atoms with Crippen LogP contribution in [0.4, 0.5) is 0 Å². The highest BCUT2D eigenvalue weighted by atomic mass is 79.9. The van der Waals surface area contributed by atoms with Crippen LogP contribution in [-0.2, 0) is 0 Å². The summed E-state index contributed by atoms with van der Waals surface area (Å²) in [6, 6.07) is 1.64. The van der Waals surface area contributed by atoms with Gasteiger partial charge in [0.25, 0.3) is 0 Å². The van der Waals surface area contributed by atoms with Gasteiger partial charge in [0.1, 0.15) is 5.69 Å². The number of pyridine rings is 1. The monoisotopic (exact) mass is 360 g/mol. The van der Waals surface area contributed by atoms with Crippen LogP contribution in [0.25, 0.3) is 11.5 Å². The Morgan fingerprint density at radius 1 is 1.47 bits per heavy atom. The van der Waals surface area contributed by atoms with Crippen molar-refractivity contribution in [3.05, 3.63) is 27.1 Å². The molecule has 0 aromatic carbocycles. The summed E-state index contributed by atoms with van der Waals surface area (Å²) in [5.41, 5.74) is 6.44. The van der Waals surface area contributed by atoms with Crippen molar-refractivity contribution in [2.24, 2.45) is 5.73 Å². The standard InChI is InChI=1S/C10H10Br2N4O/c1-2-7(13)10-15-9(16-17-10)8-6(12)3-5(11)4-14-8/h3-4,7H,2,13H2,1H3/t7-/m0/s1. The summed E-state index contributed by atoms with van der Waals surface area (Å²) < 4.78 is 6.77. The Morgan fingerprint density at radius 2 is 2.24 bits per heavy atom. The molecular weight excluding hydrogens is 352 g/mol. The Hall–Kier alpha value is -0.790. The molecule has 0 unspecified atom stereocenters. The first-order valence-electron chi connectivity index (χ1n) is 5.02. The molecule has 0 aliphatic heterocycles. The van der Waals surface area contributed by atoms with Crippen LogP contribution in [0.3, 0.4) is 0 Å². The maximum Gasteiger partial charge on any atom is 0.243 e. The molecular formula is C10H10Br2N4O. The molecule has 0 aliphatic rings. The second-order valence-corrected chi connectivity index (χ2v) is 5.22. The predicted molar refractivity (Wildman–Crippen MR) is 70.1 cm³/mol. The molecule has 17 heavy (non-hydrogen) atoms. The van der Waals surface area contributed by atoms with Gasteiger partial charge in [-0.1, -0.05) is 12.1 Å². The van der Waals surface area contributed by atoms with E-state index < -0.39 is 0 Å². The molecule has 0 amide bonds. The van der Waals surface area contributed by atoms with Gasteiger partial charge in [0.15, 0.2) is 0 Å². The van der Waals surface area contributed by atoms with Crippen molar-refractivity contribution in [2.75, 3.05) is 0 Å². The number of nitrogens with zero attached hydrogens (tertiary/aromatic N) is 3. The van der Waals surface area contributed by atoms with E-state index >= 15 is 0 Å². The van der Waals surface area contributed by atoms with E-state index in [9.17, 15) is 0 Å². The highest BCUT2D eigenvalue weighted by Crippen LogP contribution is 2.27. The predicted octanol–water partition coefficient (Wildman–Crippen LogP) is 3.07. The average molecular weight is 362 g/mol. The first-order chi connectivity index (χ1) is 8.11. The molecule has 2 aromatic rings. The van der Waals surface area contributed by atoms with Gasteiger partial charge in [0.2, 0.25) is 11.7 Å². The minimum atomic E-state index is -0.231. The molecule has 1 atom stereocenters. The van der Waals surface area contributed by atoms with Gasteiger partial charge >= 0.3 is 0 Å². The van der Waals surface area contributed by atoms with Crippen LogP contribution < -0.4 is 5.73 Å². The summed E-state index contributed by atoms with van der Waals surface area (Å²) in [5.74, 6) is 0.863. The van der Waals surface area contributed by atoms with Crippen LogP contribution in [0, 0.1) is 0 Å². The van der Waals surface area contributed by atoms with Crippen molar-refractivity contribution >= 4 is 31.9 Å². The molecule has 2 N–H and O–H groups in total. The molecule has 7 heteroatoms. The Balaban J connectivity index is 2.37. The first kappa shape index (κ1) is 12.7. The summed E-state index contributed by atoms with van der Waals surface area (Å²) in [5, 5.41) is 3.87. The van der Waals surface area contributed by atoms with E-state index in [0.717, 1.165) is 15.4 Å². The van der Waals surface area contributed by atoms with Crippen molar-refractivity contribution in [1.29, 1.82) is 0 Å². The zero-order chi connectivity index (χ0) is 12.4. The van der Waals surface area contributed by atoms with Crippen molar-refractivity contribution < 1.29 is 4.52 Å². The van der Waals surface area contributed by atoms with E-state index in [0.29, 0.717) is 17.4 Å². The van der Waals surface area contributed by atoms with Crippen LogP contribution in [0.15, 0.2) is 25.7 Å². The molecule has 0 radical (unpaired) electrons. The Labute approximate surface area is 115 Å². The maximum absolute atomic E-state index is 5.81. The lowest BCUT2D eigenvalue weighted by molar-refractivity contribution is 0.352. The average Bonchev–Trinajstić information content (AvgIpc) is 2.77. The molecule has 0 spiro atoms. The lowest BCUT2D eigenvalue weighted by Gasteiger charge is -2.00. The number of aromatic nitrogens is 3. The number of rotatable bonds is 3. The van der Waals surface area contributed by atoms with Crippen LogP contribution >= 0.6 is 31.9 Å². The van der Waals surface area contributed by atoms with Crippen LogP contribution in [0.5, 0.6) is 0 Å². The zero-order valence-electron chi connectivity index (χ0n) is 9.02. The number of halogens is 2.